The van der Waals surface area contributed by atoms with Crippen molar-refractivity contribution in [3.05, 3.63) is 59.0 Å². The molecule has 1 aromatic heterocycles. The van der Waals surface area contributed by atoms with Crippen LogP contribution in [0.15, 0.2) is 42.2 Å². The van der Waals surface area contributed by atoms with E-state index in [9.17, 15) is 9.59 Å². The van der Waals surface area contributed by atoms with E-state index >= 15 is 0 Å². The van der Waals surface area contributed by atoms with E-state index in [1.807, 2.05) is 43.0 Å². The number of hydrogen-bond acceptors (Lipinski definition) is 5. The normalized spacial score (nSPS) is 16.1. The highest BCUT2D eigenvalue weighted by molar-refractivity contribution is 5.90. The Morgan fingerprint density at radius 1 is 1.29 bits per heavy atom. The highest BCUT2D eigenvalue weighted by Crippen LogP contribution is 2.40. The molecule has 31 heavy (non-hydrogen) atoms. The van der Waals surface area contributed by atoms with Crippen LogP contribution in [-0.2, 0) is 27.3 Å². The SMILES string of the molecule is CCO/C=C/C(=O)N1Cc2c(nc3ccc(OC)cc3c2CC)C1C/C=C(/C=O)CC. The predicted molar refractivity (Wildman–Crippen MR) is 121 cm³/mol. The van der Waals surface area contributed by atoms with Gasteiger partial charge in [-0.3, -0.25) is 14.6 Å². The Morgan fingerprint density at radius 2 is 2.10 bits per heavy atom. The molecule has 164 valence electrons. The molecule has 0 spiro atoms. The van der Waals surface area contributed by atoms with E-state index in [0.29, 0.717) is 26.0 Å². The van der Waals surface area contributed by atoms with E-state index in [0.717, 1.165) is 46.2 Å². The summed E-state index contributed by atoms with van der Waals surface area (Å²) in [5, 5.41) is 1.05. The quantitative estimate of drug-likeness (QED) is 0.334. The molecule has 0 bridgehead atoms. The summed E-state index contributed by atoms with van der Waals surface area (Å²) in [7, 11) is 1.65. The lowest BCUT2D eigenvalue weighted by Crippen LogP contribution is -2.28. The minimum absolute atomic E-state index is 0.127. The van der Waals surface area contributed by atoms with Crippen LogP contribution >= 0.6 is 0 Å². The second kappa shape index (κ2) is 10.2. The van der Waals surface area contributed by atoms with E-state index in [1.54, 1.807) is 7.11 Å². The van der Waals surface area contributed by atoms with Gasteiger partial charge in [0.05, 0.1) is 37.2 Å². The number of aryl methyl sites for hydroxylation is 1. The Morgan fingerprint density at radius 3 is 2.74 bits per heavy atom. The molecular formula is C25H30N2O4. The van der Waals surface area contributed by atoms with E-state index < -0.39 is 0 Å². The van der Waals surface area contributed by atoms with E-state index in [1.165, 1.54) is 17.9 Å². The van der Waals surface area contributed by atoms with Gasteiger partial charge in [0, 0.05) is 18.0 Å². The zero-order valence-corrected chi connectivity index (χ0v) is 18.7. The fraction of sp³-hybridized carbons (Fsp3) is 0.400. The number of fused-ring (bicyclic) bond motifs is 2. The molecule has 0 aliphatic carbocycles. The molecule has 1 aliphatic rings. The summed E-state index contributed by atoms with van der Waals surface area (Å²) < 4.78 is 10.6. The first-order chi connectivity index (χ1) is 15.1. The average Bonchev–Trinajstić information content (AvgIpc) is 3.16. The topological polar surface area (TPSA) is 68.7 Å². The fourth-order valence-corrected chi connectivity index (χ4v) is 4.09. The molecule has 6 nitrogen and oxygen atoms in total. The highest BCUT2D eigenvalue weighted by atomic mass is 16.5. The molecule has 2 aromatic rings. The summed E-state index contributed by atoms with van der Waals surface area (Å²) in [5.41, 5.74) is 4.79. The molecule has 2 heterocycles. The second-order valence-electron chi connectivity index (χ2n) is 7.42. The fourth-order valence-electron chi connectivity index (χ4n) is 4.09. The van der Waals surface area contributed by atoms with Crippen molar-refractivity contribution in [2.45, 2.75) is 52.6 Å². The van der Waals surface area contributed by atoms with Crippen molar-refractivity contribution in [3.8, 4) is 5.75 Å². The van der Waals surface area contributed by atoms with Crippen LogP contribution in [0.1, 0.15) is 56.5 Å². The smallest absolute Gasteiger partial charge is 0.250 e. The highest BCUT2D eigenvalue weighted by Gasteiger charge is 2.35. The van der Waals surface area contributed by atoms with Crippen molar-refractivity contribution in [2.75, 3.05) is 13.7 Å². The van der Waals surface area contributed by atoms with Crippen LogP contribution in [0.2, 0.25) is 0 Å². The van der Waals surface area contributed by atoms with Gasteiger partial charge in [-0.05, 0) is 61.1 Å². The summed E-state index contributed by atoms with van der Waals surface area (Å²) >= 11 is 0. The molecule has 1 unspecified atom stereocenters. The Labute approximate surface area is 183 Å². The number of amides is 1. The third-order valence-electron chi connectivity index (χ3n) is 5.74. The standard InChI is InChI=1S/C25H30N2O4/c1-5-17(16-28)8-11-23-25-21(15-27(23)24(29)12-13-31-7-3)19(6-2)20-14-18(30-4)9-10-22(20)26-25/h8-10,12-14,16,23H,5-7,11,15H2,1-4H3/b13-12+,17-8+. The first-order valence-electron chi connectivity index (χ1n) is 10.8. The number of carbonyl (C=O) groups excluding carboxylic acids is 2. The minimum Gasteiger partial charge on any atom is -0.501 e. The first kappa shape index (κ1) is 22.5. The van der Waals surface area contributed by atoms with Crippen LogP contribution in [0.5, 0.6) is 5.75 Å². The minimum atomic E-state index is -0.230. The van der Waals surface area contributed by atoms with Crippen LogP contribution in [0, 0.1) is 0 Å². The zero-order chi connectivity index (χ0) is 22.4. The Bertz CT molecular complexity index is 1030. The lowest BCUT2D eigenvalue weighted by Gasteiger charge is -2.22. The number of ether oxygens (including phenoxy) is 2. The number of hydrogen-bond donors (Lipinski definition) is 0. The van der Waals surface area contributed by atoms with Gasteiger partial charge in [-0.15, -0.1) is 0 Å². The molecule has 1 amide bonds. The molecule has 6 heteroatoms. The van der Waals surface area contributed by atoms with Crippen LogP contribution in [0.25, 0.3) is 10.9 Å². The number of benzene rings is 1. The number of aromatic nitrogens is 1. The first-order valence-corrected chi connectivity index (χ1v) is 10.8. The monoisotopic (exact) mass is 422 g/mol. The van der Waals surface area contributed by atoms with Gasteiger partial charge >= 0.3 is 0 Å². The lowest BCUT2D eigenvalue weighted by molar-refractivity contribution is -0.128. The largest absolute Gasteiger partial charge is 0.501 e. The molecular weight excluding hydrogens is 392 g/mol. The van der Waals surface area contributed by atoms with Crippen molar-refractivity contribution < 1.29 is 19.1 Å². The van der Waals surface area contributed by atoms with E-state index in [-0.39, 0.29) is 11.9 Å². The molecule has 1 atom stereocenters. The summed E-state index contributed by atoms with van der Waals surface area (Å²) in [5.74, 6) is 0.658. The van der Waals surface area contributed by atoms with Gasteiger partial charge in [0.1, 0.15) is 12.0 Å². The molecule has 0 saturated heterocycles. The Kier molecular flexibility index (Phi) is 7.45. The van der Waals surface area contributed by atoms with Crippen molar-refractivity contribution in [1.82, 2.24) is 9.88 Å². The maximum atomic E-state index is 13.0. The molecule has 0 radical (unpaired) electrons. The summed E-state index contributed by atoms with van der Waals surface area (Å²) in [6.45, 7) is 6.92. The number of methoxy groups -OCH3 is 1. The summed E-state index contributed by atoms with van der Waals surface area (Å²) in [4.78, 5) is 31.1. The molecule has 3 rings (SSSR count). The van der Waals surface area contributed by atoms with Gasteiger partial charge in [-0.1, -0.05) is 19.9 Å². The van der Waals surface area contributed by atoms with E-state index in [4.69, 9.17) is 14.5 Å². The third-order valence-corrected chi connectivity index (χ3v) is 5.74. The summed E-state index contributed by atoms with van der Waals surface area (Å²) in [6.07, 6.45) is 7.73. The van der Waals surface area contributed by atoms with Crippen LogP contribution in [0.4, 0.5) is 0 Å². The van der Waals surface area contributed by atoms with Gasteiger partial charge in [-0.25, -0.2) is 0 Å². The van der Waals surface area contributed by atoms with Gasteiger partial charge in [0.25, 0.3) is 5.91 Å². The number of allylic oxidation sites excluding steroid dienone is 1. The number of carbonyl (C=O) groups is 2. The molecule has 0 N–H and O–H groups in total. The number of aldehydes is 1. The zero-order valence-electron chi connectivity index (χ0n) is 18.7. The van der Waals surface area contributed by atoms with E-state index in [2.05, 4.69) is 6.92 Å². The van der Waals surface area contributed by atoms with Crippen molar-refractivity contribution in [2.24, 2.45) is 0 Å². The van der Waals surface area contributed by atoms with Gasteiger partial charge in [0.2, 0.25) is 0 Å². The van der Waals surface area contributed by atoms with Gasteiger partial charge < -0.3 is 14.4 Å². The maximum Gasteiger partial charge on any atom is 0.250 e. The van der Waals surface area contributed by atoms with Crippen molar-refractivity contribution in [3.63, 3.8) is 0 Å². The average molecular weight is 423 g/mol. The van der Waals surface area contributed by atoms with Crippen molar-refractivity contribution >= 4 is 23.1 Å². The third kappa shape index (κ3) is 4.63. The number of rotatable bonds is 9. The summed E-state index contributed by atoms with van der Waals surface area (Å²) in [6, 6.07) is 5.65. The number of pyridine rings is 1. The van der Waals surface area contributed by atoms with Crippen molar-refractivity contribution in [1.29, 1.82) is 0 Å². The van der Waals surface area contributed by atoms with Gasteiger partial charge in [-0.2, -0.15) is 0 Å². The van der Waals surface area contributed by atoms with Gasteiger partial charge in [0.15, 0.2) is 0 Å². The molecule has 1 aliphatic heterocycles. The maximum absolute atomic E-state index is 13.0. The lowest BCUT2D eigenvalue weighted by atomic mass is 9.97. The molecule has 0 fully saturated rings. The van der Waals surface area contributed by atoms with Crippen LogP contribution in [-0.4, -0.2) is 35.8 Å². The Hall–Kier alpha value is -3.15. The predicted octanol–water partition coefficient (Wildman–Crippen LogP) is 4.66. The molecule has 1 aromatic carbocycles. The number of nitrogens with zero attached hydrogens (tertiary/aromatic N) is 2. The Balaban J connectivity index is 2.11. The second-order valence-corrected chi connectivity index (χ2v) is 7.42. The van der Waals surface area contributed by atoms with Crippen LogP contribution in [0.3, 0.4) is 0 Å². The molecule has 0 saturated carbocycles. The van der Waals surface area contributed by atoms with Crippen LogP contribution < -0.4 is 4.74 Å².